The second-order valence-corrected chi connectivity index (χ2v) is 7.86. The average Bonchev–Trinajstić information content (AvgIpc) is 3.26. The van der Waals surface area contributed by atoms with Crippen LogP contribution in [0.25, 0.3) is 0 Å². The minimum absolute atomic E-state index is 0.0204. The van der Waals surface area contributed by atoms with Gasteiger partial charge in [-0.3, -0.25) is 9.69 Å². The fourth-order valence-electron chi connectivity index (χ4n) is 3.71. The Kier molecular flexibility index (Phi) is 8.24. The van der Waals surface area contributed by atoms with Gasteiger partial charge in [0.05, 0.1) is 25.8 Å². The van der Waals surface area contributed by atoms with Crippen LogP contribution in [0.15, 0.2) is 41.1 Å². The van der Waals surface area contributed by atoms with Crippen LogP contribution in [0.1, 0.15) is 24.2 Å². The minimum Gasteiger partial charge on any atom is -0.491 e. The smallest absolute Gasteiger partial charge is 0.308 e. The van der Waals surface area contributed by atoms with E-state index in [-0.39, 0.29) is 18.5 Å². The number of ether oxygens (including phenoxy) is 2. The molecular weight excluding hydrogens is 386 g/mol. The normalized spacial score (nSPS) is 16.5. The van der Waals surface area contributed by atoms with Crippen LogP contribution in [0.5, 0.6) is 5.75 Å². The van der Waals surface area contributed by atoms with Crippen LogP contribution < -0.4 is 4.74 Å². The third-order valence-electron chi connectivity index (χ3n) is 5.33. The number of methoxy groups -OCH3 is 1. The third-order valence-corrected chi connectivity index (χ3v) is 5.33. The molecule has 0 saturated carbocycles. The molecule has 1 saturated heterocycles. The lowest BCUT2D eigenvalue weighted by molar-refractivity contribution is -0.147. The molecule has 1 aliphatic heterocycles. The molecule has 0 aliphatic carbocycles. The fraction of sp³-hybridized carbons (Fsp3) is 0.545. The van der Waals surface area contributed by atoms with E-state index in [1.54, 1.807) is 6.20 Å². The van der Waals surface area contributed by atoms with Crippen molar-refractivity contribution in [1.82, 2.24) is 15.0 Å². The third kappa shape index (κ3) is 6.83. The molecule has 0 radical (unpaired) electrons. The van der Waals surface area contributed by atoms with E-state index in [0.717, 1.165) is 44.0 Å². The number of esters is 1. The average molecular weight is 418 g/mol. The summed E-state index contributed by atoms with van der Waals surface area (Å²) in [5.74, 6) is 1.42. The van der Waals surface area contributed by atoms with E-state index in [0.29, 0.717) is 13.1 Å². The largest absolute Gasteiger partial charge is 0.491 e. The molecule has 1 fully saturated rings. The number of β-amino-alcohol motifs (C(OH)–C–C–N with tert-alkyl or cyclic N) is 1. The van der Waals surface area contributed by atoms with E-state index < -0.39 is 6.10 Å². The summed E-state index contributed by atoms with van der Waals surface area (Å²) in [6.45, 7) is 3.83. The maximum absolute atomic E-state index is 11.6. The van der Waals surface area contributed by atoms with Gasteiger partial charge in [0.15, 0.2) is 5.76 Å². The summed E-state index contributed by atoms with van der Waals surface area (Å²) in [6.07, 6.45) is 2.61. The minimum atomic E-state index is -0.576. The van der Waals surface area contributed by atoms with Crippen LogP contribution in [-0.4, -0.2) is 72.5 Å². The summed E-state index contributed by atoms with van der Waals surface area (Å²) < 4.78 is 15.7. The summed E-state index contributed by atoms with van der Waals surface area (Å²) in [6, 6.07) is 9.75. The Hall–Kier alpha value is -2.42. The number of nitrogens with zero attached hydrogens (tertiary/aromatic N) is 3. The van der Waals surface area contributed by atoms with E-state index in [4.69, 9.17) is 14.0 Å². The Labute approximate surface area is 177 Å². The van der Waals surface area contributed by atoms with E-state index in [1.807, 2.05) is 37.4 Å². The first-order chi connectivity index (χ1) is 14.5. The molecule has 1 aromatic heterocycles. The molecule has 1 atom stereocenters. The Bertz CT molecular complexity index is 758. The van der Waals surface area contributed by atoms with Gasteiger partial charge in [0.25, 0.3) is 0 Å². The molecule has 1 aliphatic rings. The number of aliphatic hydroxyl groups excluding tert-OH is 1. The lowest BCUT2D eigenvalue weighted by atomic mass is 9.97. The van der Waals surface area contributed by atoms with Crippen molar-refractivity contribution in [2.75, 3.05) is 40.4 Å². The lowest BCUT2D eigenvalue weighted by Gasteiger charge is -2.31. The topological polar surface area (TPSA) is 88.3 Å². The number of piperidine rings is 1. The van der Waals surface area contributed by atoms with Gasteiger partial charge in [0.1, 0.15) is 18.5 Å². The van der Waals surface area contributed by atoms with E-state index >= 15 is 0 Å². The number of aromatic nitrogens is 1. The van der Waals surface area contributed by atoms with Gasteiger partial charge in [-0.2, -0.15) is 0 Å². The zero-order valence-corrected chi connectivity index (χ0v) is 17.7. The molecule has 0 bridgehead atoms. The van der Waals surface area contributed by atoms with Gasteiger partial charge in [0.2, 0.25) is 0 Å². The van der Waals surface area contributed by atoms with Crippen molar-refractivity contribution >= 4 is 5.97 Å². The Morgan fingerprint density at radius 3 is 2.63 bits per heavy atom. The molecule has 0 amide bonds. The van der Waals surface area contributed by atoms with Gasteiger partial charge in [-0.15, -0.1) is 0 Å². The molecule has 2 aromatic rings. The van der Waals surface area contributed by atoms with Crippen LogP contribution in [-0.2, 0) is 22.6 Å². The van der Waals surface area contributed by atoms with Crippen LogP contribution in [0, 0.1) is 5.92 Å². The molecule has 8 heteroatoms. The Morgan fingerprint density at radius 2 is 2.00 bits per heavy atom. The predicted octanol–water partition coefficient (Wildman–Crippen LogP) is 1.93. The van der Waals surface area contributed by atoms with Gasteiger partial charge in [-0.25, -0.2) is 0 Å². The van der Waals surface area contributed by atoms with Gasteiger partial charge in [0, 0.05) is 19.2 Å². The standard InChI is InChI=1S/C22H31N3O5/c1-24(15-21-7-10-23-30-21)13-17-3-5-20(6-4-17)29-16-19(26)14-25-11-8-18(9-12-25)22(27)28-2/h3-7,10,18-19,26H,8-9,11-16H2,1-2H3. The maximum atomic E-state index is 11.6. The fourth-order valence-corrected chi connectivity index (χ4v) is 3.71. The number of hydrogen-bond donors (Lipinski definition) is 1. The molecule has 1 aromatic carbocycles. The molecule has 0 spiro atoms. The second-order valence-electron chi connectivity index (χ2n) is 7.86. The van der Waals surface area contributed by atoms with Crippen molar-refractivity contribution in [3.05, 3.63) is 47.9 Å². The molecule has 164 valence electrons. The number of carbonyl (C=O) groups is 1. The number of hydrogen-bond acceptors (Lipinski definition) is 8. The molecule has 1 unspecified atom stereocenters. The van der Waals surface area contributed by atoms with E-state index in [1.165, 1.54) is 12.7 Å². The first-order valence-electron chi connectivity index (χ1n) is 10.3. The number of likely N-dealkylation sites (tertiary alicyclic amines) is 1. The zero-order valence-electron chi connectivity index (χ0n) is 17.7. The van der Waals surface area contributed by atoms with Gasteiger partial charge in [-0.1, -0.05) is 17.3 Å². The first kappa shape index (κ1) is 22.3. The van der Waals surface area contributed by atoms with Crippen molar-refractivity contribution in [2.24, 2.45) is 5.92 Å². The van der Waals surface area contributed by atoms with Crippen LogP contribution in [0.2, 0.25) is 0 Å². The monoisotopic (exact) mass is 417 g/mol. The predicted molar refractivity (Wildman–Crippen MR) is 111 cm³/mol. The second kappa shape index (κ2) is 11.1. The summed E-state index contributed by atoms with van der Waals surface area (Å²) in [7, 11) is 3.45. The highest BCUT2D eigenvalue weighted by molar-refractivity contribution is 5.72. The number of aliphatic hydroxyl groups is 1. The summed E-state index contributed by atoms with van der Waals surface area (Å²) in [5, 5.41) is 14.0. The highest BCUT2D eigenvalue weighted by Gasteiger charge is 2.26. The molecule has 2 heterocycles. The molecule has 1 N–H and O–H groups in total. The van der Waals surface area contributed by atoms with Crippen molar-refractivity contribution in [2.45, 2.75) is 32.0 Å². The maximum Gasteiger partial charge on any atom is 0.308 e. The highest BCUT2D eigenvalue weighted by atomic mass is 16.5. The summed E-state index contributed by atoms with van der Waals surface area (Å²) in [4.78, 5) is 15.9. The van der Waals surface area contributed by atoms with Crippen LogP contribution in [0.3, 0.4) is 0 Å². The quantitative estimate of drug-likeness (QED) is 0.587. The summed E-state index contributed by atoms with van der Waals surface area (Å²) >= 11 is 0. The Balaban J connectivity index is 1.36. The van der Waals surface area contributed by atoms with Gasteiger partial charge >= 0.3 is 5.97 Å². The number of rotatable bonds is 10. The number of carbonyl (C=O) groups excluding carboxylic acids is 1. The van der Waals surface area contributed by atoms with Crippen molar-refractivity contribution in [1.29, 1.82) is 0 Å². The summed E-state index contributed by atoms with van der Waals surface area (Å²) in [5.41, 5.74) is 1.17. The SMILES string of the molecule is COC(=O)C1CCN(CC(O)COc2ccc(CN(C)Cc3ccno3)cc2)CC1. The highest BCUT2D eigenvalue weighted by Crippen LogP contribution is 2.19. The molecule has 3 rings (SSSR count). The van der Waals surface area contributed by atoms with Crippen LogP contribution >= 0.6 is 0 Å². The van der Waals surface area contributed by atoms with Gasteiger partial charge < -0.3 is 24.0 Å². The molecule has 8 nitrogen and oxygen atoms in total. The zero-order chi connectivity index (χ0) is 21.3. The Morgan fingerprint density at radius 1 is 1.27 bits per heavy atom. The van der Waals surface area contributed by atoms with Crippen LogP contribution in [0.4, 0.5) is 0 Å². The van der Waals surface area contributed by atoms with E-state index in [2.05, 4.69) is 15.0 Å². The first-order valence-corrected chi connectivity index (χ1v) is 10.3. The van der Waals surface area contributed by atoms with Crippen molar-refractivity contribution in [3.8, 4) is 5.75 Å². The molecule has 30 heavy (non-hydrogen) atoms. The molecular formula is C22H31N3O5. The van der Waals surface area contributed by atoms with E-state index in [9.17, 15) is 9.90 Å². The lowest BCUT2D eigenvalue weighted by Crippen LogP contribution is -2.42. The van der Waals surface area contributed by atoms with Crippen molar-refractivity contribution in [3.63, 3.8) is 0 Å². The van der Waals surface area contributed by atoms with Crippen molar-refractivity contribution < 1.29 is 23.9 Å². The number of benzene rings is 1. The van der Waals surface area contributed by atoms with Gasteiger partial charge in [-0.05, 0) is 50.7 Å².